The Morgan fingerprint density at radius 2 is 0.603 bits per heavy atom. The van der Waals surface area contributed by atoms with Gasteiger partial charge in [0.15, 0.2) is 5.82 Å². The van der Waals surface area contributed by atoms with Gasteiger partial charge in [0.2, 0.25) is 0 Å². The minimum Gasteiger partial charge on any atom is -0.309 e. The van der Waals surface area contributed by atoms with Crippen LogP contribution >= 0.6 is 0 Å². The zero-order valence-corrected chi connectivity index (χ0v) is 37.0. The molecule has 4 heteroatoms. The van der Waals surface area contributed by atoms with Crippen molar-refractivity contribution in [2.75, 3.05) is 0 Å². The monoisotopic (exact) mass is 866 g/mol. The molecule has 0 aliphatic heterocycles. The first-order valence-electron chi connectivity index (χ1n) is 23.1. The van der Waals surface area contributed by atoms with Crippen LogP contribution in [0.1, 0.15) is 0 Å². The molecule has 3 aromatic heterocycles. The van der Waals surface area contributed by atoms with Crippen LogP contribution in [0.5, 0.6) is 0 Å². The molecule has 318 valence electrons. The first-order chi connectivity index (χ1) is 33.7. The second-order valence-corrected chi connectivity index (χ2v) is 17.4. The van der Waals surface area contributed by atoms with Gasteiger partial charge in [0.05, 0.1) is 33.5 Å². The molecule has 0 atom stereocenters. The van der Waals surface area contributed by atoms with Crippen molar-refractivity contribution in [3.05, 3.63) is 255 Å². The molecule has 0 aliphatic carbocycles. The van der Waals surface area contributed by atoms with Gasteiger partial charge < -0.3 is 9.13 Å². The molecular weight excluding hydrogens is 825 g/mol. The summed E-state index contributed by atoms with van der Waals surface area (Å²) < 4.78 is 4.77. The van der Waals surface area contributed by atoms with Crippen LogP contribution in [0.2, 0.25) is 0 Å². The molecule has 0 amide bonds. The SMILES string of the molecule is c1ccc(-c2ccc(-c3ccc(-n4c5ccccc5c5cc(-c6ccc7c(c6)c6ccccc6n7-c6cccc(-c7nc(-c8ccccc8)cc(-c8ccccc8)n7)c6)ccc54)cc3)cc2)cc1. The summed E-state index contributed by atoms with van der Waals surface area (Å²) in [5.41, 5.74) is 18.9. The molecule has 10 aromatic carbocycles. The van der Waals surface area contributed by atoms with E-state index >= 15 is 0 Å². The van der Waals surface area contributed by atoms with E-state index < -0.39 is 0 Å². The van der Waals surface area contributed by atoms with Crippen LogP contribution in [0.4, 0.5) is 0 Å². The van der Waals surface area contributed by atoms with E-state index in [-0.39, 0.29) is 0 Å². The molecule has 0 aliphatic rings. The first-order valence-corrected chi connectivity index (χ1v) is 23.1. The average Bonchev–Trinajstić information content (AvgIpc) is 3.94. The van der Waals surface area contributed by atoms with Gasteiger partial charge in [0.25, 0.3) is 0 Å². The lowest BCUT2D eigenvalue weighted by molar-refractivity contribution is 1.16. The van der Waals surface area contributed by atoms with Crippen LogP contribution in [0.25, 0.3) is 122 Å². The fourth-order valence-electron chi connectivity index (χ4n) is 10.0. The number of aromatic nitrogens is 4. The van der Waals surface area contributed by atoms with Crippen molar-refractivity contribution in [1.82, 2.24) is 19.1 Å². The molecule has 0 spiro atoms. The Balaban J connectivity index is 0.871. The van der Waals surface area contributed by atoms with Gasteiger partial charge in [0, 0.05) is 49.6 Å². The Labute approximate surface area is 394 Å². The predicted molar refractivity (Wildman–Crippen MR) is 283 cm³/mol. The molecule has 0 radical (unpaired) electrons. The third-order valence-corrected chi connectivity index (χ3v) is 13.4. The average molecular weight is 867 g/mol. The Kier molecular flexibility index (Phi) is 9.47. The van der Waals surface area contributed by atoms with Gasteiger partial charge in [-0.15, -0.1) is 0 Å². The van der Waals surface area contributed by atoms with Gasteiger partial charge in [-0.25, -0.2) is 9.97 Å². The number of benzene rings is 10. The van der Waals surface area contributed by atoms with E-state index in [2.05, 4.69) is 252 Å². The lowest BCUT2D eigenvalue weighted by atomic mass is 10.00. The van der Waals surface area contributed by atoms with E-state index in [1.54, 1.807) is 0 Å². The van der Waals surface area contributed by atoms with Crippen molar-refractivity contribution in [2.24, 2.45) is 0 Å². The smallest absolute Gasteiger partial charge is 0.160 e. The summed E-state index contributed by atoms with van der Waals surface area (Å²) in [4.78, 5) is 10.3. The number of nitrogens with zero attached hydrogens (tertiary/aromatic N) is 4. The van der Waals surface area contributed by atoms with Gasteiger partial charge in [0.1, 0.15) is 0 Å². The molecule has 0 N–H and O–H groups in total. The van der Waals surface area contributed by atoms with Crippen LogP contribution in [0, 0.1) is 0 Å². The Hall–Kier alpha value is -9.12. The third-order valence-electron chi connectivity index (χ3n) is 13.4. The molecule has 0 fully saturated rings. The molecule has 3 heterocycles. The highest BCUT2D eigenvalue weighted by Crippen LogP contribution is 2.39. The molecule has 4 nitrogen and oxygen atoms in total. The molecule has 0 saturated heterocycles. The van der Waals surface area contributed by atoms with Crippen LogP contribution in [0.15, 0.2) is 255 Å². The van der Waals surface area contributed by atoms with Gasteiger partial charge in [-0.1, -0.05) is 188 Å². The summed E-state index contributed by atoms with van der Waals surface area (Å²) in [5.74, 6) is 0.689. The van der Waals surface area contributed by atoms with Crippen LogP contribution < -0.4 is 0 Å². The molecule has 0 unspecified atom stereocenters. The standard InChI is InChI=1S/C64H42N4/c1-4-15-43(16-5-1)44-27-29-45(30-28-44)46-31-35-52(36-32-46)67-60-25-12-10-23-54(60)56-40-49(33-37-62(56)67)50-34-38-63-57(41-50)55-24-11-13-26-61(55)68(63)53-22-14-21-51(39-53)64-65-58(47-17-6-2-7-18-47)42-59(66-64)48-19-8-3-9-20-48/h1-42H. The normalized spacial score (nSPS) is 11.5. The van der Waals surface area contributed by atoms with E-state index in [1.165, 1.54) is 66.0 Å². The quantitative estimate of drug-likeness (QED) is 0.153. The van der Waals surface area contributed by atoms with Crippen molar-refractivity contribution in [2.45, 2.75) is 0 Å². The van der Waals surface area contributed by atoms with Crippen molar-refractivity contribution in [3.63, 3.8) is 0 Å². The number of hydrogen-bond donors (Lipinski definition) is 0. The number of hydrogen-bond acceptors (Lipinski definition) is 2. The lowest BCUT2D eigenvalue weighted by Crippen LogP contribution is -1.98. The summed E-state index contributed by atoms with van der Waals surface area (Å²) in [6.45, 7) is 0. The largest absolute Gasteiger partial charge is 0.309 e. The third kappa shape index (κ3) is 6.86. The zero-order valence-electron chi connectivity index (χ0n) is 37.0. The molecule has 13 aromatic rings. The zero-order chi connectivity index (χ0) is 45.0. The predicted octanol–water partition coefficient (Wildman–Crippen LogP) is 16.7. The number of rotatable bonds is 8. The highest BCUT2D eigenvalue weighted by atomic mass is 15.0. The Morgan fingerprint density at radius 1 is 0.221 bits per heavy atom. The minimum absolute atomic E-state index is 0.689. The summed E-state index contributed by atoms with van der Waals surface area (Å²) in [6, 6.07) is 91.1. The van der Waals surface area contributed by atoms with Crippen molar-refractivity contribution < 1.29 is 0 Å². The van der Waals surface area contributed by atoms with Gasteiger partial charge in [-0.2, -0.15) is 0 Å². The molecule has 13 rings (SSSR count). The maximum atomic E-state index is 5.15. The van der Waals surface area contributed by atoms with Crippen LogP contribution in [-0.4, -0.2) is 19.1 Å². The summed E-state index contributed by atoms with van der Waals surface area (Å²) in [7, 11) is 0. The Morgan fingerprint density at radius 3 is 1.12 bits per heavy atom. The fraction of sp³-hybridized carbons (Fsp3) is 0. The second kappa shape index (κ2) is 16.4. The molecule has 0 bridgehead atoms. The molecular formula is C64H42N4. The molecule has 68 heavy (non-hydrogen) atoms. The van der Waals surface area contributed by atoms with E-state index in [4.69, 9.17) is 9.97 Å². The maximum Gasteiger partial charge on any atom is 0.160 e. The second-order valence-electron chi connectivity index (χ2n) is 17.4. The summed E-state index contributed by atoms with van der Waals surface area (Å²) in [6.07, 6.45) is 0. The van der Waals surface area contributed by atoms with E-state index in [0.717, 1.165) is 50.5 Å². The van der Waals surface area contributed by atoms with E-state index in [9.17, 15) is 0 Å². The van der Waals surface area contributed by atoms with Gasteiger partial charge in [-0.05, 0) is 100 Å². The van der Waals surface area contributed by atoms with E-state index in [1.807, 2.05) is 12.1 Å². The molecule has 0 saturated carbocycles. The Bertz CT molecular complexity index is 3920. The van der Waals surface area contributed by atoms with E-state index in [0.29, 0.717) is 5.82 Å². The van der Waals surface area contributed by atoms with Gasteiger partial charge in [-0.3, -0.25) is 0 Å². The van der Waals surface area contributed by atoms with Crippen molar-refractivity contribution in [1.29, 1.82) is 0 Å². The van der Waals surface area contributed by atoms with Crippen LogP contribution in [-0.2, 0) is 0 Å². The summed E-state index contributed by atoms with van der Waals surface area (Å²) >= 11 is 0. The highest BCUT2D eigenvalue weighted by Gasteiger charge is 2.18. The first kappa shape index (κ1) is 39.3. The number of fused-ring (bicyclic) bond motifs is 6. The fourth-order valence-corrected chi connectivity index (χ4v) is 10.0. The topological polar surface area (TPSA) is 35.6 Å². The minimum atomic E-state index is 0.689. The van der Waals surface area contributed by atoms with Crippen molar-refractivity contribution >= 4 is 43.6 Å². The van der Waals surface area contributed by atoms with Crippen molar-refractivity contribution in [3.8, 4) is 78.7 Å². The summed E-state index contributed by atoms with van der Waals surface area (Å²) in [5, 5.41) is 4.87. The van der Waals surface area contributed by atoms with Crippen LogP contribution in [0.3, 0.4) is 0 Å². The number of para-hydroxylation sites is 2. The maximum absolute atomic E-state index is 5.15. The lowest BCUT2D eigenvalue weighted by Gasteiger charge is -2.12. The van der Waals surface area contributed by atoms with Gasteiger partial charge >= 0.3 is 0 Å². The highest BCUT2D eigenvalue weighted by molar-refractivity contribution is 6.12.